The third-order valence-electron chi connectivity index (χ3n) is 4.52. The van der Waals surface area contributed by atoms with Crippen LogP contribution in [-0.4, -0.2) is 62.0 Å². The first-order valence-electron chi connectivity index (χ1n) is 7.35. The van der Waals surface area contributed by atoms with Crippen LogP contribution in [0.4, 0.5) is 0 Å². The molecule has 2 atom stereocenters. The first-order valence-corrected chi connectivity index (χ1v) is 7.35. The summed E-state index contributed by atoms with van der Waals surface area (Å²) in [6.07, 6.45) is 5.42. The summed E-state index contributed by atoms with van der Waals surface area (Å²) >= 11 is 0. The van der Waals surface area contributed by atoms with Gasteiger partial charge in [0.15, 0.2) is 0 Å². The highest BCUT2D eigenvalue weighted by molar-refractivity contribution is 5.76. The van der Waals surface area contributed by atoms with E-state index in [0.29, 0.717) is 18.2 Å². The van der Waals surface area contributed by atoms with Crippen molar-refractivity contribution in [2.45, 2.75) is 38.1 Å². The van der Waals surface area contributed by atoms with Crippen molar-refractivity contribution < 1.29 is 4.79 Å². The number of carbonyl (C=O) groups is 1. The molecule has 0 aromatic carbocycles. The third kappa shape index (κ3) is 3.23. The predicted octanol–water partition coefficient (Wildman–Crippen LogP) is 0.929. The lowest BCUT2D eigenvalue weighted by Gasteiger charge is -2.46. The van der Waals surface area contributed by atoms with Crippen molar-refractivity contribution in [3.63, 3.8) is 0 Å². The van der Waals surface area contributed by atoms with Crippen LogP contribution < -0.4 is 5.32 Å². The van der Waals surface area contributed by atoms with Crippen LogP contribution in [-0.2, 0) is 4.79 Å². The lowest BCUT2D eigenvalue weighted by Crippen LogP contribution is -2.53. The maximum absolute atomic E-state index is 12.1. The number of piperidine rings is 2. The van der Waals surface area contributed by atoms with Gasteiger partial charge in [0.05, 0.1) is 0 Å². The minimum Gasteiger partial charge on any atom is -0.342 e. The van der Waals surface area contributed by atoms with Gasteiger partial charge in [-0.05, 0) is 58.8 Å². The Hall–Kier alpha value is -0.610. The maximum atomic E-state index is 12.1. The van der Waals surface area contributed by atoms with E-state index in [4.69, 9.17) is 0 Å². The normalized spacial score (nSPS) is 29.1. The second-order valence-electron chi connectivity index (χ2n) is 5.79. The maximum Gasteiger partial charge on any atom is 0.222 e. The average Bonchev–Trinajstić information content (AvgIpc) is 2.39. The molecule has 2 unspecified atom stereocenters. The second kappa shape index (κ2) is 6.53. The number of nitrogens with zero attached hydrogens (tertiary/aromatic N) is 2. The van der Waals surface area contributed by atoms with Crippen molar-refractivity contribution in [3.05, 3.63) is 0 Å². The molecule has 4 nitrogen and oxygen atoms in total. The van der Waals surface area contributed by atoms with Crippen molar-refractivity contribution in [2.24, 2.45) is 5.92 Å². The van der Waals surface area contributed by atoms with Crippen molar-refractivity contribution >= 4 is 5.91 Å². The SMILES string of the molecule is CNCCCC(=O)N1CCC2C(CCCN2C)C1. The minimum atomic E-state index is 0.358. The Kier molecular flexibility index (Phi) is 5.01. The molecule has 18 heavy (non-hydrogen) atoms. The first kappa shape index (κ1) is 13.8. The van der Waals surface area contributed by atoms with E-state index >= 15 is 0 Å². The van der Waals surface area contributed by atoms with E-state index in [0.717, 1.165) is 32.1 Å². The van der Waals surface area contributed by atoms with Gasteiger partial charge in [0.2, 0.25) is 5.91 Å². The Bertz CT molecular complexity index is 282. The molecule has 0 radical (unpaired) electrons. The Balaban J connectivity index is 1.81. The number of likely N-dealkylation sites (tertiary alicyclic amines) is 2. The molecule has 2 heterocycles. The highest BCUT2D eigenvalue weighted by Gasteiger charge is 2.35. The Morgan fingerprint density at radius 1 is 1.33 bits per heavy atom. The molecule has 2 aliphatic rings. The summed E-state index contributed by atoms with van der Waals surface area (Å²) in [5.41, 5.74) is 0. The van der Waals surface area contributed by atoms with Gasteiger partial charge in [0, 0.05) is 25.6 Å². The fourth-order valence-electron chi connectivity index (χ4n) is 3.45. The van der Waals surface area contributed by atoms with E-state index in [9.17, 15) is 4.79 Å². The van der Waals surface area contributed by atoms with Gasteiger partial charge in [-0.2, -0.15) is 0 Å². The fourth-order valence-corrected chi connectivity index (χ4v) is 3.45. The third-order valence-corrected chi connectivity index (χ3v) is 4.52. The van der Waals surface area contributed by atoms with Crippen molar-refractivity contribution in [1.29, 1.82) is 0 Å². The Labute approximate surface area is 111 Å². The van der Waals surface area contributed by atoms with E-state index in [1.807, 2.05) is 7.05 Å². The van der Waals surface area contributed by atoms with Crippen LogP contribution in [0.3, 0.4) is 0 Å². The molecule has 0 aromatic rings. The van der Waals surface area contributed by atoms with Crippen molar-refractivity contribution in [2.75, 3.05) is 40.3 Å². The summed E-state index contributed by atoms with van der Waals surface area (Å²) in [6.45, 7) is 4.13. The monoisotopic (exact) mass is 253 g/mol. The molecule has 0 spiro atoms. The number of rotatable bonds is 4. The topological polar surface area (TPSA) is 35.6 Å². The summed E-state index contributed by atoms with van der Waals surface area (Å²) < 4.78 is 0. The number of hydrogen-bond donors (Lipinski definition) is 1. The minimum absolute atomic E-state index is 0.358. The molecular weight excluding hydrogens is 226 g/mol. The van der Waals surface area contributed by atoms with Gasteiger partial charge in [0.25, 0.3) is 0 Å². The molecule has 0 saturated carbocycles. The highest BCUT2D eigenvalue weighted by Crippen LogP contribution is 2.29. The lowest BCUT2D eigenvalue weighted by atomic mass is 9.84. The molecule has 2 fully saturated rings. The van der Waals surface area contributed by atoms with Crippen LogP contribution in [0.15, 0.2) is 0 Å². The second-order valence-corrected chi connectivity index (χ2v) is 5.79. The largest absolute Gasteiger partial charge is 0.342 e. The molecule has 0 aliphatic carbocycles. The molecule has 0 aromatic heterocycles. The van der Waals surface area contributed by atoms with Crippen molar-refractivity contribution in [1.82, 2.24) is 15.1 Å². The van der Waals surface area contributed by atoms with Gasteiger partial charge in [-0.25, -0.2) is 0 Å². The predicted molar refractivity (Wildman–Crippen MR) is 73.5 cm³/mol. The van der Waals surface area contributed by atoms with E-state index in [1.54, 1.807) is 0 Å². The molecule has 4 heteroatoms. The molecule has 0 bridgehead atoms. The van der Waals surface area contributed by atoms with Gasteiger partial charge < -0.3 is 15.1 Å². The summed E-state index contributed by atoms with van der Waals surface area (Å²) in [5.74, 6) is 1.07. The zero-order valence-corrected chi connectivity index (χ0v) is 11.8. The van der Waals surface area contributed by atoms with E-state index in [-0.39, 0.29) is 0 Å². The molecular formula is C14H27N3O. The van der Waals surface area contributed by atoms with Gasteiger partial charge in [-0.1, -0.05) is 0 Å². The Morgan fingerprint density at radius 3 is 2.94 bits per heavy atom. The van der Waals surface area contributed by atoms with Crippen LogP contribution in [0.1, 0.15) is 32.1 Å². The smallest absolute Gasteiger partial charge is 0.222 e. The molecule has 1 amide bonds. The first-order chi connectivity index (χ1) is 8.72. The van der Waals surface area contributed by atoms with Gasteiger partial charge in [-0.3, -0.25) is 4.79 Å². The number of amides is 1. The molecule has 104 valence electrons. The van der Waals surface area contributed by atoms with Crippen LogP contribution in [0, 0.1) is 5.92 Å². The zero-order valence-electron chi connectivity index (χ0n) is 11.8. The summed E-state index contributed by atoms with van der Waals surface area (Å²) in [4.78, 5) is 16.7. The Morgan fingerprint density at radius 2 is 2.17 bits per heavy atom. The lowest BCUT2D eigenvalue weighted by molar-refractivity contribution is -0.134. The molecule has 2 saturated heterocycles. The van der Waals surface area contributed by atoms with Gasteiger partial charge >= 0.3 is 0 Å². The zero-order chi connectivity index (χ0) is 13.0. The van der Waals surface area contributed by atoms with E-state index in [2.05, 4.69) is 22.2 Å². The van der Waals surface area contributed by atoms with E-state index in [1.165, 1.54) is 25.8 Å². The average molecular weight is 253 g/mol. The molecule has 1 N–H and O–H groups in total. The molecule has 2 aliphatic heterocycles. The highest BCUT2D eigenvalue weighted by atomic mass is 16.2. The van der Waals surface area contributed by atoms with Gasteiger partial charge in [0.1, 0.15) is 0 Å². The quantitative estimate of drug-likeness (QED) is 0.757. The van der Waals surface area contributed by atoms with Crippen molar-refractivity contribution in [3.8, 4) is 0 Å². The number of nitrogens with one attached hydrogen (secondary N) is 1. The number of fused-ring (bicyclic) bond motifs is 1. The summed E-state index contributed by atoms with van der Waals surface area (Å²) in [5, 5.41) is 3.10. The van der Waals surface area contributed by atoms with Crippen LogP contribution in [0.5, 0.6) is 0 Å². The van der Waals surface area contributed by atoms with Crippen LogP contribution >= 0.6 is 0 Å². The van der Waals surface area contributed by atoms with E-state index < -0.39 is 0 Å². The van der Waals surface area contributed by atoms with Gasteiger partial charge in [-0.15, -0.1) is 0 Å². The number of hydrogen-bond acceptors (Lipinski definition) is 3. The summed E-state index contributed by atoms with van der Waals surface area (Å²) in [7, 11) is 4.18. The van der Waals surface area contributed by atoms with Crippen LogP contribution in [0.2, 0.25) is 0 Å². The molecule has 2 rings (SSSR count). The van der Waals surface area contributed by atoms with Crippen LogP contribution in [0.25, 0.3) is 0 Å². The standard InChI is InChI=1S/C14H27N3O/c1-15-8-3-6-14(18)17-10-7-13-12(11-17)5-4-9-16(13)2/h12-13,15H,3-11H2,1-2H3. The summed E-state index contributed by atoms with van der Waals surface area (Å²) in [6, 6.07) is 0.722. The fraction of sp³-hybridized carbons (Fsp3) is 0.929. The number of carbonyl (C=O) groups excluding carboxylic acids is 1.